The summed E-state index contributed by atoms with van der Waals surface area (Å²) in [6.07, 6.45) is 0.742. The van der Waals surface area contributed by atoms with Gasteiger partial charge in [-0.3, -0.25) is 19.3 Å². The van der Waals surface area contributed by atoms with Gasteiger partial charge in [-0.25, -0.2) is 0 Å². The molecule has 0 saturated heterocycles. The number of rotatable bonds is 5. The molecule has 6 nitrogen and oxygen atoms in total. The smallest absolute Gasteiger partial charge is 0.306 e. The highest BCUT2D eigenvalue weighted by atomic mass is 16.5. The molecule has 0 bridgehead atoms. The maximum Gasteiger partial charge on any atom is 0.306 e. The van der Waals surface area contributed by atoms with Crippen LogP contribution in [-0.4, -0.2) is 30.9 Å². The lowest BCUT2D eigenvalue weighted by atomic mass is 9.86. The molecule has 1 aliphatic rings. The number of anilines is 2. The first-order valence-corrected chi connectivity index (χ1v) is 9.68. The Hall–Kier alpha value is -3.15. The van der Waals surface area contributed by atoms with E-state index < -0.39 is 11.9 Å². The normalized spacial score (nSPS) is 13.5. The number of nitrogens with one attached hydrogen (secondary N) is 1. The number of hydrogen-bond donors (Lipinski definition) is 1. The molecular formula is C23H26N2O4. The standard InChI is InChI=1S/C23H26N2O4/c1-23(2,3)17-11-8-16(9-12-17)10-13-22(28)29-15-21(27)25-14-20(26)24-18-6-4-5-7-19(18)25/h4-9,11-12H,10,13-15H2,1-3H3,(H,24,26). The van der Waals surface area contributed by atoms with Gasteiger partial charge in [-0.15, -0.1) is 0 Å². The second kappa shape index (κ2) is 8.47. The minimum absolute atomic E-state index is 0.0851. The predicted octanol–water partition coefficient (Wildman–Crippen LogP) is 3.45. The first-order valence-electron chi connectivity index (χ1n) is 9.68. The Morgan fingerprint density at radius 1 is 1.07 bits per heavy atom. The van der Waals surface area contributed by atoms with Crippen molar-refractivity contribution < 1.29 is 19.1 Å². The maximum absolute atomic E-state index is 12.5. The van der Waals surface area contributed by atoms with Crippen LogP contribution in [0.15, 0.2) is 48.5 Å². The van der Waals surface area contributed by atoms with Crippen molar-refractivity contribution in [2.24, 2.45) is 0 Å². The van der Waals surface area contributed by atoms with Crippen molar-refractivity contribution in [1.82, 2.24) is 0 Å². The molecule has 0 saturated carbocycles. The molecule has 152 valence electrons. The summed E-state index contributed by atoms with van der Waals surface area (Å²) in [7, 11) is 0. The molecule has 0 spiro atoms. The summed E-state index contributed by atoms with van der Waals surface area (Å²) in [4.78, 5) is 37.7. The van der Waals surface area contributed by atoms with Gasteiger partial charge in [-0.2, -0.15) is 0 Å². The van der Waals surface area contributed by atoms with Crippen LogP contribution in [-0.2, 0) is 31.0 Å². The van der Waals surface area contributed by atoms with Gasteiger partial charge in [0.25, 0.3) is 5.91 Å². The zero-order valence-electron chi connectivity index (χ0n) is 17.0. The fourth-order valence-corrected chi connectivity index (χ4v) is 3.17. The number of amides is 2. The summed E-state index contributed by atoms with van der Waals surface area (Å²) < 4.78 is 5.15. The zero-order valence-corrected chi connectivity index (χ0v) is 17.0. The molecule has 3 rings (SSSR count). The van der Waals surface area contributed by atoms with Gasteiger partial charge in [0.05, 0.1) is 11.4 Å². The van der Waals surface area contributed by atoms with E-state index in [1.54, 1.807) is 24.3 Å². The van der Waals surface area contributed by atoms with E-state index in [1.807, 2.05) is 12.1 Å². The van der Waals surface area contributed by atoms with Gasteiger partial charge in [0.1, 0.15) is 6.54 Å². The van der Waals surface area contributed by atoms with Crippen molar-refractivity contribution in [3.8, 4) is 0 Å². The van der Waals surface area contributed by atoms with Crippen LogP contribution < -0.4 is 10.2 Å². The molecule has 29 heavy (non-hydrogen) atoms. The van der Waals surface area contributed by atoms with Crippen molar-refractivity contribution >= 4 is 29.2 Å². The van der Waals surface area contributed by atoms with Crippen LogP contribution >= 0.6 is 0 Å². The second-order valence-corrected chi connectivity index (χ2v) is 8.15. The Balaban J connectivity index is 1.51. The van der Waals surface area contributed by atoms with E-state index >= 15 is 0 Å². The molecule has 0 unspecified atom stereocenters. The monoisotopic (exact) mass is 394 g/mol. The third-order valence-corrected chi connectivity index (χ3v) is 4.87. The molecule has 0 fully saturated rings. The SMILES string of the molecule is CC(C)(C)c1ccc(CCC(=O)OCC(=O)N2CC(=O)Nc3ccccc32)cc1. The summed E-state index contributed by atoms with van der Waals surface area (Å²) in [5.41, 5.74) is 3.54. The molecule has 1 heterocycles. The van der Waals surface area contributed by atoms with Crippen LogP contribution in [0.5, 0.6) is 0 Å². The lowest BCUT2D eigenvalue weighted by Gasteiger charge is -2.28. The van der Waals surface area contributed by atoms with E-state index in [0.29, 0.717) is 17.8 Å². The van der Waals surface area contributed by atoms with Crippen molar-refractivity contribution in [3.05, 3.63) is 59.7 Å². The Labute approximate surface area is 170 Å². The summed E-state index contributed by atoms with van der Waals surface area (Å²) in [6, 6.07) is 15.2. The topological polar surface area (TPSA) is 75.7 Å². The highest BCUT2D eigenvalue weighted by Gasteiger charge is 2.27. The lowest BCUT2D eigenvalue weighted by Crippen LogP contribution is -2.44. The molecular weight excluding hydrogens is 368 g/mol. The first kappa shape index (κ1) is 20.6. The predicted molar refractivity (Wildman–Crippen MR) is 112 cm³/mol. The number of para-hydroxylation sites is 2. The van der Waals surface area contributed by atoms with Gasteiger partial charge in [-0.1, -0.05) is 57.2 Å². The number of carbonyl (C=O) groups is 3. The summed E-state index contributed by atoms with van der Waals surface area (Å²) >= 11 is 0. The van der Waals surface area contributed by atoms with E-state index in [9.17, 15) is 14.4 Å². The molecule has 1 aliphatic heterocycles. The Morgan fingerprint density at radius 3 is 2.45 bits per heavy atom. The van der Waals surface area contributed by atoms with Gasteiger partial charge in [-0.05, 0) is 35.1 Å². The molecule has 0 atom stereocenters. The van der Waals surface area contributed by atoms with Crippen LogP contribution in [0.1, 0.15) is 38.3 Å². The zero-order chi connectivity index (χ0) is 21.0. The summed E-state index contributed by atoms with van der Waals surface area (Å²) in [6.45, 7) is 5.99. The molecule has 2 aromatic carbocycles. The minimum Gasteiger partial charge on any atom is -0.456 e. The highest BCUT2D eigenvalue weighted by Crippen LogP contribution is 2.28. The van der Waals surface area contributed by atoms with E-state index in [0.717, 1.165) is 5.56 Å². The number of benzene rings is 2. The number of nitrogens with zero attached hydrogens (tertiary/aromatic N) is 1. The molecule has 0 radical (unpaired) electrons. The van der Waals surface area contributed by atoms with Crippen molar-refractivity contribution in [3.63, 3.8) is 0 Å². The molecule has 1 N–H and O–H groups in total. The van der Waals surface area contributed by atoms with Crippen molar-refractivity contribution in [1.29, 1.82) is 0 Å². The van der Waals surface area contributed by atoms with Gasteiger partial charge in [0.15, 0.2) is 6.61 Å². The molecule has 0 aliphatic carbocycles. The van der Waals surface area contributed by atoms with Crippen molar-refractivity contribution in [2.75, 3.05) is 23.4 Å². The number of carbonyl (C=O) groups excluding carboxylic acids is 3. The van der Waals surface area contributed by atoms with Gasteiger partial charge in [0, 0.05) is 6.42 Å². The van der Waals surface area contributed by atoms with E-state index in [-0.39, 0.29) is 30.9 Å². The molecule has 2 aromatic rings. The quantitative estimate of drug-likeness (QED) is 0.788. The van der Waals surface area contributed by atoms with Crippen molar-refractivity contribution in [2.45, 2.75) is 39.0 Å². The Kier molecular flexibility index (Phi) is 6.01. The number of fused-ring (bicyclic) bond motifs is 1. The third kappa shape index (κ3) is 5.22. The fraction of sp³-hybridized carbons (Fsp3) is 0.348. The molecule has 2 amide bonds. The average Bonchev–Trinajstić information content (AvgIpc) is 2.69. The summed E-state index contributed by atoms with van der Waals surface area (Å²) in [5.74, 6) is -1.13. The maximum atomic E-state index is 12.5. The Morgan fingerprint density at radius 2 is 1.76 bits per heavy atom. The fourth-order valence-electron chi connectivity index (χ4n) is 3.17. The van der Waals surface area contributed by atoms with Crippen LogP contribution in [0.25, 0.3) is 0 Å². The number of esters is 1. The number of hydrogen-bond acceptors (Lipinski definition) is 4. The molecule has 0 aromatic heterocycles. The Bertz CT molecular complexity index is 913. The van der Waals surface area contributed by atoms with Crippen LogP contribution in [0, 0.1) is 0 Å². The number of aryl methyl sites for hydroxylation is 1. The van der Waals surface area contributed by atoms with E-state index in [2.05, 4.69) is 38.2 Å². The number of ether oxygens (including phenoxy) is 1. The first-order chi connectivity index (χ1) is 13.7. The van der Waals surface area contributed by atoms with Gasteiger partial charge < -0.3 is 10.1 Å². The van der Waals surface area contributed by atoms with Crippen LogP contribution in [0.4, 0.5) is 11.4 Å². The average molecular weight is 394 g/mol. The minimum atomic E-state index is -0.437. The van der Waals surface area contributed by atoms with Crippen LogP contribution in [0.3, 0.4) is 0 Å². The van der Waals surface area contributed by atoms with Gasteiger partial charge >= 0.3 is 5.97 Å². The van der Waals surface area contributed by atoms with E-state index in [1.165, 1.54) is 10.5 Å². The third-order valence-electron chi connectivity index (χ3n) is 4.87. The van der Waals surface area contributed by atoms with Gasteiger partial charge in [0.2, 0.25) is 5.91 Å². The largest absolute Gasteiger partial charge is 0.456 e. The molecule has 6 heteroatoms. The van der Waals surface area contributed by atoms with E-state index in [4.69, 9.17) is 4.74 Å². The highest BCUT2D eigenvalue weighted by molar-refractivity contribution is 6.10. The van der Waals surface area contributed by atoms with Crippen LogP contribution in [0.2, 0.25) is 0 Å². The summed E-state index contributed by atoms with van der Waals surface area (Å²) in [5, 5.41) is 2.72. The second-order valence-electron chi connectivity index (χ2n) is 8.15. The lowest BCUT2D eigenvalue weighted by molar-refractivity contribution is -0.147.